The number of hydrogen-bond acceptors (Lipinski definition) is 5. The van der Waals surface area contributed by atoms with Crippen molar-refractivity contribution in [2.24, 2.45) is 11.3 Å². The Morgan fingerprint density at radius 2 is 1.72 bits per heavy atom. The third kappa shape index (κ3) is 3.10. The Labute approximate surface area is 151 Å². The maximum atomic E-state index is 13.0. The first kappa shape index (κ1) is 18.1. The summed E-state index contributed by atoms with van der Waals surface area (Å²) in [5, 5.41) is 0. The largest absolute Gasteiger partial charge is 0.298 e. The molecule has 1 aliphatic carbocycles. The van der Waals surface area contributed by atoms with Crippen molar-refractivity contribution in [1.29, 1.82) is 0 Å². The van der Waals surface area contributed by atoms with E-state index < -0.39 is 17.1 Å². The van der Waals surface area contributed by atoms with Crippen LogP contribution in [-0.4, -0.2) is 28.9 Å². The molecule has 25 heavy (non-hydrogen) atoms. The van der Waals surface area contributed by atoms with Gasteiger partial charge in [-0.15, -0.1) is 11.8 Å². The van der Waals surface area contributed by atoms with Gasteiger partial charge in [0.15, 0.2) is 23.1 Å². The summed E-state index contributed by atoms with van der Waals surface area (Å²) in [5.74, 6) is -1.49. The Balaban J connectivity index is 2.05. The lowest BCUT2D eigenvalue weighted by Crippen LogP contribution is -2.42. The Kier molecular flexibility index (Phi) is 4.48. The molecule has 0 unspecified atom stereocenters. The highest BCUT2D eigenvalue weighted by molar-refractivity contribution is 7.99. The number of benzene rings is 1. The lowest BCUT2D eigenvalue weighted by molar-refractivity contribution is -0.137. The van der Waals surface area contributed by atoms with E-state index in [0.29, 0.717) is 23.1 Å². The van der Waals surface area contributed by atoms with Gasteiger partial charge in [-0.05, 0) is 36.5 Å². The van der Waals surface area contributed by atoms with Crippen LogP contribution in [0.15, 0.2) is 11.0 Å². The van der Waals surface area contributed by atoms with Crippen molar-refractivity contribution in [2.45, 2.75) is 51.9 Å². The third-order valence-corrected chi connectivity index (χ3v) is 6.28. The minimum Gasteiger partial charge on any atom is -0.298 e. The smallest absolute Gasteiger partial charge is 0.181 e. The molecule has 1 saturated carbocycles. The molecule has 132 valence electrons. The van der Waals surface area contributed by atoms with Crippen molar-refractivity contribution in [3.05, 3.63) is 28.3 Å². The van der Waals surface area contributed by atoms with Crippen LogP contribution in [0.1, 0.15) is 65.0 Å². The molecule has 0 radical (unpaired) electrons. The monoisotopic (exact) mass is 358 g/mol. The summed E-state index contributed by atoms with van der Waals surface area (Å²) in [6.45, 7) is 7.35. The molecule has 0 bridgehead atoms. The molecular formula is C20H22O4S. The van der Waals surface area contributed by atoms with Crippen LogP contribution in [0.5, 0.6) is 0 Å². The van der Waals surface area contributed by atoms with Gasteiger partial charge in [0, 0.05) is 41.0 Å². The number of rotatable bonds is 2. The van der Waals surface area contributed by atoms with E-state index in [1.54, 1.807) is 24.8 Å². The number of carbonyl (C=O) groups excluding carboxylic acids is 4. The van der Waals surface area contributed by atoms with E-state index in [4.69, 9.17) is 0 Å². The lowest BCUT2D eigenvalue weighted by Gasteiger charge is -2.31. The summed E-state index contributed by atoms with van der Waals surface area (Å²) in [7, 11) is 0. The average molecular weight is 358 g/mol. The molecule has 1 fully saturated rings. The van der Waals surface area contributed by atoms with Gasteiger partial charge in [0.25, 0.3) is 0 Å². The van der Waals surface area contributed by atoms with E-state index in [2.05, 4.69) is 0 Å². The highest BCUT2D eigenvalue weighted by Gasteiger charge is 2.44. The molecule has 0 amide bonds. The summed E-state index contributed by atoms with van der Waals surface area (Å²) in [5.41, 5.74) is 2.01. The molecule has 1 aliphatic heterocycles. The van der Waals surface area contributed by atoms with E-state index in [-0.39, 0.29) is 30.2 Å². The number of fused-ring (bicyclic) bond motifs is 1. The van der Waals surface area contributed by atoms with Crippen molar-refractivity contribution in [1.82, 2.24) is 0 Å². The number of Topliss-reactive ketones (excluding diaryl/α,β-unsaturated/α-hetero) is 4. The normalized spacial score (nSPS) is 20.6. The predicted molar refractivity (Wildman–Crippen MR) is 96.4 cm³/mol. The molecule has 0 atom stereocenters. The minimum absolute atomic E-state index is 0.0337. The summed E-state index contributed by atoms with van der Waals surface area (Å²) < 4.78 is 0. The van der Waals surface area contributed by atoms with Gasteiger partial charge in [-0.1, -0.05) is 13.8 Å². The van der Waals surface area contributed by atoms with Crippen molar-refractivity contribution in [2.75, 3.05) is 5.75 Å². The van der Waals surface area contributed by atoms with Crippen LogP contribution in [0.4, 0.5) is 0 Å². The van der Waals surface area contributed by atoms with Crippen LogP contribution < -0.4 is 0 Å². The Morgan fingerprint density at radius 1 is 1.12 bits per heavy atom. The molecule has 0 aromatic heterocycles. The minimum atomic E-state index is -1.21. The second-order valence-corrected chi connectivity index (χ2v) is 8.94. The summed E-state index contributed by atoms with van der Waals surface area (Å²) >= 11 is 1.62. The summed E-state index contributed by atoms with van der Waals surface area (Å²) in [4.78, 5) is 51.3. The molecule has 0 saturated heterocycles. The molecule has 2 aliphatic rings. The molecule has 1 heterocycles. The van der Waals surface area contributed by atoms with Gasteiger partial charge in [-0.25, -0.2) is 0 Å². The molecule has 0 spiro atoms. The number of hydrogen-bond donors (Lipinski definition) is 0. The standard InChI is InChI=1S/C20H22O4S/c1-10-7-12(11(2)16-13(21)5-6-25-19(10)16)18(24)17-14(22)8-20(3,4)9-15(17)23/h7,17H,5-6,8-9H2,1-4H3. The van der Waals surface area contributed by atoms with Gasteiger partial charge in [-0.3, -0.25) is 19.2 Å². The Morgan fingerprint density at radius 3 is 2.32 bits per heavy atom. The van der Waals surface area contributed by atoms with Gasteiger partial charge in [0.05, 0.1) is 0 Å². The van der Waals surface area contributed by atoms with Gasteiger partial charge in [0.2, 0.25) is 0 Å². The predicted octanol–water partition coefficient (Wildman–Crippen LogP) is 3.74. The zero-order chi connectivity index (χ0) is 18.5. The van der Waals surface area contributed by atoms with Gasteiger partial charge < -0.3 is 0 Å². The highest BCUT2D eigenvalue weighted by atomic mass is 32.2. The number of carbonyl (C=O) groups is 4. The summed E-state index contributed by atoms with van der Waals surface area (Å²) in [6, 6.07) is 1.74. The van der Waals surface area contributed by atoms with Crippen molar-refractivity contribution >= 4 is 34.9 Å². The lowest BCUT2D eigenvalue weighted by atomic mass is 9.69. The molecule has 1 aromatic carbocycles. The Bertz CT molecular complexity index is 799. The summed E-state index contributed by atoms with van der Waals surface area (Å²) in [6.07, 6.45) is 0.908. The van der Waals surface area contributed by atoms with Crippen molar-refractivity contribution in [3.63, 3.8) is 0 Å². The van der Waals surface area contributed by atoms with Crippen molar-refractivity contribution < 1.29 is 19.2 Å². The number of aryl methyl sites for hydroxylation is 1. The highest BCUT2D eigenvalue weighted by Crippen LogP contribution is 2.39. The fourth-order valence-corrected chi connectivity index (χ4v) is 5.07. The van der Waals surface area contributed by atoms with Crippen LogP contribution in [0, 0.1) is 25.2 Å². The quantitative estimate of drug-likeness (QED) is 0.595. The molecule has 0 N–H and O–H groups in total. The fourth-order valence-electron chi connectivity index (χ4n) is 3.88. The van der Waals surface area contributed by atoms with Crippen LogP contribution >= 0.6 is 11.8 Å². The number of ketones is 4. The van der Waals surface area contributed by atoms with Crippen molar-refractivity contribution in [3.8, 4) is 0 Å². The van der Waals surface area contributed by atoms with Crippen LogP contribution in [0.25, 0.3) is 0 Å². The topological polar surface area (TPSA) is 68.3 Å². The maximum Gasteiger partial charge on any atom is 0.181 e. The zero-order valence-corrected chi connectivity index (χ0v) is 15.8. The van der Waals surface area contributed by atoms with Crippen LogP contribution in [-0.2, 0) is 9.59 Å². The first-order valence-corrected chi connectivity index (χ1v) is 9.51. The van der Waals surface area contributed by atoms with E-state index in [1.165, 1.54) is 0 Å². The molecule has 3 rings (SSSR count). The second-order valence-electron chi connectivity index (χ2n) is 7.84. The first-order valence-electron chi connectivity index (χ1n) is 8.52. The molecule has 5 heteroatoms. The maximum absolute atomic E-state index is 13.0. The van der Waals surface area contributed by atoms with Gasteiger partial charge in [0.1, 0.15) is 5.92 Å². The molecule has 4 nitrogen and oxygen atoms in total. The SMILES string of the molecule is Cc1cc(C(=O)C2C(=O)CC(C)(C)CC2=O)c(C)c2c1SCCC2=O. The zero-order valence-electron chi connectivity index (χ0n) is 15.0. The Hall–Kier alpha value is -1.75. The van der Waals surface area contributed by atoms with E-state index in [0.717, 1.165) is 16.2 Å². The van der Waals surface area contributed by atoms with Crippen LogP contribution in [0.2, 0.25) is 0 Å². The molecule has 1 aromatic rings. The number of thioether (sulfide) groups is 1. The van der Waals surface area contributed by atoms with E-state index >= 15 is 0 Å². The van der Waals surface area contributed by atoms with E-state index in [9.17, 15) is 19.2 Å². The van der Waals surface area contributed by atoms with Gasteiger partial charge >= 0.3 is 0 Å². The van der Waals surface area contributed by atoms with Gasteiger partial charge in [-0.2, -0.15) is 0 Å². The van der Waals surface area contributed by atoms with E-state index in [1.807, 2.05) is 20.8 Å². The second kappa shape index (κ2) is 6.20. The van der Waals surface area contributed by atoms with Crippen LogP contribution in [0.3, 0.4) is 0 Å². The average Bonchev–Trinajstić information content (AvgIpc) is 2.48. The third-order valence-electron chi connectivity index (χ3n) is 5.06. The first-order chi connectivity index (χ1) is 11.6. The fraction of sp³-hybridized carbons (Fsp3) is 0.500. The molecular weight excluding hydrogens is 336 g/mol.